The normalized spacial score (nSPS) is 10.8. The van der Waals surface area contributed by atoms with Gasteiger partial charge in [-0.05, 0) is 6.92 Å². The van der Waals surface area contributed by atoms with Crippen LogP contribution in [0.15, 0.2) is 30.6 Å². The number of imidazole rings is 1. The van der Waals surface area contributed by atoms with Gasteiger partial charge in [0.25, 0.3) is 0 Å². The molecule has 0 aliphatic carbocycles. The first kappa shape index (κ1) is 11.3. The molecule has 0 saturated carbocycles. The number of Topliss-reactive ketones (excluding diaryl/α,β-unsaturated/α-hetero) is 1. The van der Waals surface area contributed by atoms with E-state index in [4.69, 9.17) is 5.73 Å². The molecule has 6 nitrogen and oxygen atoms in total. The third-order valence-electron chi connectivity index (χ3n) is 2.86. The predicted molar refractivity (Wildman–Crippen MR) is 71.5 cm³/mol. The van der Waals surface area contributed by atoms with Crippen LogP contribution in [0.25, 0.3) is 22.4 Å². The molecule has 0 radical (unpaired) electrons. The maximum Gasteiger partial charge on any atom is 0.222 e. The summed E-state index contributed by atoms with van der Waals surface area (Å²) in [5, 5.41) is 0. The van der Waals surface area contributed by atoms with E-state index >= 15 is 0 Å². The van der Waals surface area contributed by atoms with Crippen molar-refractivity contribution < 1.29 is 4.79 Å². The molecule has 94 valence electrons. The molecule has 3 aromatic rings. The number of hydrogen-bond acceptors (Lipinski definition) is 5. The van der Waals surface area contributed by atoms with Gasteiger partial charge >= 0.3 is 0 Å². The van der Waals surface area contributed by atoms with E-state index in [1.165, 1.54) is 13.3 Å². The fraction of sp³-hybridized carbons (Fsp3) is 0.0769. The molecular formula is C13H11N5O. The molecule has 0 bridgehead atoms. The number of carbonyl (C=O) groups is 1. The Morgan fingerprint density at radius 2 is 2.05 bits per heavy atom. The van der Waals surface area contributed by atoms with Gasteiger partial charge in [0.2, 0.25) is 5.95 Å². The molecule has 0 atom stereocenters. The third kappa shape index (κ3) is 1.83. The lowest BCUT2D eigenvalue weighted by Crippen LogP contribution is -2.01. The summed E-state index contributed by atoms with van der Waals surface area (Å²) in [6.07, 6.45) is 1.53. The van der Waals surface area contributed by atoms with Crippen LogP contribution in [0, 0.1) is 0 Å². The SMILES string of the molecule is CC(=O)c1ccccc1-c1nc(N)nc2nc[nH]c12. The second-order valence-electron chi connectivity index (χ2n) is 4.13. The van der Waals surface area contributed by atoms with Crippen molar-refractivity contribution in [1.82, 2.24) is 19.9 Å². The van der Waals surface area contributed by atoms with Crippen LogP contribution in [0.1, 0.15) is 17.3 Å². The van der Waals surface area contributed by atoms with Gasteiger partial charge < -0.3 is 10.7 Å². The van der Waals surface area contributed by atoms with Crippen molar-refractivity contribution >= 4 is 22.9 Å². The summed E-state index contributed by atoms with van der Waals surface area (Å²) in [5.41, 5.74) is 8.75. The highest BCUT2D eigenvalue weighted by molar-refractivity contribution is 6.03. The standard InChI is InChI=1S/C13H11N5O/c1-7(19)8-4-2-3-5-9(8)10-11-12(16-6-15-11)18-13(14)17-10/h2-6H,1H3,(H3,14,15,16,17,18). The summed E-state index contributed by atoms with van der Waals surface area (Å²) in [4.78, 5) is 27.0. The molecule has 1 aromatic carbocycles. The Kier molecular flexibility index (Phi) is 2.49. The predicted octanol–water partition coefficient (Wildman–Crippen LogP) is 1.80. The van der Waals surface area contributed by atoms with Crippen molar-refractivity contribution in [2.24, 2.45) is 0 Å². The average molecular weight is 253 g/mol. The first-order chi connectivity index (χ1) is 9.16. The molecule has 19 heavy (non-hydrogen) atoms. The van der Waals surface area contributed by atoms with Crippen molar-refractivity contribution in [2.45, 2.75) is 6.92 Å². The topological polar surface area (TPSA) is 97.6 Å². The number of anilines is 1. The van der Waals surface area contributed by atoms with Crippen LogP contribution in [0.5, 0.6) is 0 Å². The van der Waals surface area contributed by atoms with E-state index in [0.717, 1.165) is 5.56 Å². The summed E-state index contributed by atoms with van der Waals surface area (Å²) in [7, 11) is 0. The Labute approximate surface area is 108 Å². The number of nitrogens with two attached hydrogens (primary N) is 1. The molecule has 0 spiro atoms. The maximum atomic E-state index is 11.7. The summed E-state index contributed by atoms with van der Waals surface area (Å²) < 4.78 is 0. The molecule has 0 amide bonds. The van der Waals surface area contributed by atoms with Gasteiger partial charge in [-0.15, -0.1) is 0 Å². The van der Waals surface area contributed by atoms with Crippen LogP contribution in [0.4, 0.5) is 5.95 Å². The van der Waals surface area contributed by atoms with Crippen LogP contribution < -0.4 is 5.73 Å². The highest BCUT2D eigenvalue weighted by atomic mass is 16.1. The van der Waals surface area contributed by atoms with Gasteiger partial charge in [0.1, 0.15) is 11.2 Å². The number of carbonyl (C=O) groups excluding carboxylic acids is 1. The summed E-state index contributed by atoms with van der Waals surface area (Å²) >= 11 is 0. The molecule has 0 unspecified atom stereocenters. The third-order valence-corrected chi connectivity index (χ3v) is 2.86. The minimum Gasteiger partial charge on any atom is -0.368 e. The van der Waals surface area contributed by atoms with Gasteiger partial charge in [0.15, 0.2) is 11.4 Å². The van der Waals surface area contributed by atoms with Crippen LogP contribution in [0.3, 0.4) is 0 Å². The van der Waals surface area contributed by atoms with Crippen LogP contribution in [-0.4, -0.2) is 25.7 Å². The lowest BCUT2D eigenvalue weighted by molar-refractivity contribution is 0.101. The van der Waals surface area contributed by atoms with Gasteiger partial charge in [-0.3, -0.25) is 4.79 Å². The summed E-state index contributed by atoms with van der Waals surface area (Å²) in [6.45, 7) is 1.52. The quantitative estimate of drug-likeness (QED) is 0.679. The average Bonchev–Trinajstić information content (AvgIpc) is 2.85. The molecule has 2 heterocycles. The van der Waals surface area contributed by atoms with Gasteiger partial charge in [0.05, 0.1) is 6.33 Å². The molecule has 0 aliphatic heterocycles. The van der Waals surface area contributed by atoms with E-state index in [0.29, 0.717) is 22.4 Å². The largest absolute Gasteiger partial charge is 0.368 e. The molecule has 0 aliphatic rings. The number of nitrogen functional groups attached to an aromatic ring is 1. The zero-order valence-corrected chi connectivity index (χ0v) is 10.2. The Bertz CT molecular complexity index is 778. The van der Waals surface area contributed by atoms with E-state index < -0.39 is 0 Å². The van der Waals surface area contributed by atoms with Gasteiger partial charge in [-0.2, -0.15) is 4.98 Å². The Morgan fingerprint density at radius 3 is 2.84 bits per heavy atom. The minimum atomic E-state index is -0.0274. The number of aromatic nitrogens is 4. The second-order valence-corrected chi connectivity index (χ2v) is 4.13. The molecular weight excluding hydrogens is 242 g/mol. The number of aromatic amines is 1. The number of rotatable bonds is 2. The smallest absolute Gasteiger partial charge is 0.222 e. The molecule has 2 aromatic heterocycles. The molecule has 0 fully saturated rings. The minimum absolute atomic E-state index is 0.0274. The first-order valence-corrected chi connectivity index (χ1v) is 5.74. The van der Waals surface area contributed by atoms with Gasteiger partial charge in [-0.25, -0.2) is 9.97 Å². The van der Waals surface area contributed by atoms with Gasteiger partial charge in [-0.1, -0.05) is 24.3 Å². The van der Waals surface area contributed by atoms with E-state index in [1.807, 2.05) is 18.2 Å². The highest BCUT2D eigenvalue weighted by Crippen LogP contribution is 2.27. The van der Waals surface area contributed by atoms with Crippen molar-refractivity contribution in [1.29, 1.82) is 0 Å². The number of benzene rings is 1. The van der Waals surface area contributed by atoms with Crippen molar-refractivity contribution in [3.8, 4) is 11.3 Å². The zero-order valence-electron chi connectivity index (χ0n) is 10.2. The Morgan fingerprint density at radius 1 is 1.26 bits per heavy atom. The Balaban J connectivity index is 2.36. The number of hydrogen-bond donors (Lipinski definition) is 2. The van der Waals surface area contributed by atoms with E-state index in [-0.39, 0.29) is 11.7 Å². The Hall–Kier alpha value is -2.76. The fourth-order valence-electron chi connectivity index (χ4n) is 2.04. The molecule has 0 saturated heterocycles. The summed E-state index contributed by atoms with van der Waals surface area (Å²) in [5.74, 6) is 0.105. The number of fused-ring (bicyclic) bond motifs is 1. The number of nitrogens with one attached hydrogen (secondary N) is 1. The number of ketones is 1. The van der Waals surface area contributed by atoms with Crippen LogP contribution >= 0.6 is 0 Å². The van der Waals surface area contributed by atoms with Crippen LogP contribution in [0.2, 0.25) is 0 Å². The number of nitrogens with zero attached hydrogens (tertiary/aromatic N) is 3. The monoisotopic (exact) mass is 253 g/mol. The molecule has 3 N–H and O–H groups in total. The number of H-pyrrole nitrogens is 1. The van der Waals surface area contributed by atoms with Crippen molar-refractivity contribution in [3.63, 3.8) is 0 Å². The van der Waals surface area contributed by atoms with Crippen molar-refractivity contribution in [2.75, 3.05) is 5.73 Å². The highest BCUT2D eigenvalue weighted by Gasteiger charge is 2.15. The van der Waals surface area contributed by atoms with Crippen molar-refractivity contribution in [3.05, 3.63) is 36.2 Å². The maximum absolute atomic E-state index is 11.7. The lowest BCUT2D eigenvalue weighted by atomic mass is 10.0. The van der Waals surface area contributed by atoms with E-state index in [1.54, 1.807) is 6.07 Å². The first-order valence-electron chi connectivity index (χ1n) is 5.74. The summed E-state index contributed by atoms with van der Waals surface area (Å²) in [6, 6.07) is 7.26. The molecule has 6 heteroatoms. The molecule has 3 rings (SSSR count). The second kappa shape index (κ2) is 4.16. The van der Waals surface area contributed by atoms with E-state index in [9.17, 15) is 4.79 Å². The van der Waals surface area contributed by atoms with E-state index in [2.05, 4.69) is 19.9 Å². The lowest BCUT2D eigenvalue weighted by Gasteiger charge is -2.07. The zero-order chi connectivity index (χ0) is 13.4. The van der Waals surface area contributed by atoms with Crippen LogP contribution in [-0.2, 0) is 0 Å². The van der Waals surface area contributed by atoms with Gasteiger partial charge in [0, 0.05) is 11.1 Å². The fourth-order valence-corrected chi connectivity index (χ4v) is 2.04.